The van der Waals surface area contributed by atoms with Crippen LogP contribution >= 0.6 is 0 Å². The van der Waals surface area contributed by atoms with Gasteiger partial charge in [0.25, 0.3) is 0 Å². The average molecular weight is 224 g/mol. The lowest BCUT2D eigenvalue weighted by atomic mass is 10.1. The van der Waals surface area contributed by atoms with Crippen LogP contribution in [-0.2, 0) is 4.74 Å². The van der Waals surface area contributed by atoms with Gasteiger partial charge in [-0.15, -0.1) is 12.3 Å². The van der Waals surface area contributed by atoms with Crippen LogP contribution in [0.4, 0.5) is 13.2 Å². The zero-order valence-electron chi connectivity index (χ0n) is 8.39. The Morgan fingerprint density at radius 1 is 1.33 bits per heavy atom. The van der Waals surface area contributed by atoms with Crippen LogP contribution in [0.5, 0.6) is 0 Å². The highest BCUT2D eigenvalue weighted by Crippen LogP contribution is 2.14. The van der Waals surface area contributed by atoms with Gasteiger partial charge in [0, 0.05) is 13.0 Å². The summed E-state index contributed by atoms with van der Waals surface area (Å²) in [6.07, 6.45) is 2.03. The monoisotopic (exact) mass is 224 g/mol. The highest BCUT2D eigenvalue weighted by atomic mass is 19.4. The van der Waals surface area contributed by atoms with Crippen LogP contribution in [-0.4, -0.2) is 30.6 Å². The van der Waals surface area contributed by atoms with Crippen molar-refractivity contribution in [3.63, 3.8) is 0 Å². The molecule has 0 amide bonds. The van der Waals surface area contributed by atoms with Crippen molar-refractivity contribution in [3.05, 3.63) is 0 Å². The molecule has 0 fully saturated rings. The fraction of sp³-hybridized carbons (Fsp3) is 0.800. The van der Waals surface area contributed by atoms with E-state index in [0.29, 0.717) is 19.3 Å². The van der Waals surface area contributed by atoms with Gasteiger partial charge in [0.1, 0.15) is 6.61 Å². The van der Waals surface area contributed by atoms with E-state index in [-0.39, 0.29) is 13.0 Å². The van der Waals surface area contributed by atoms with E-state index in [4.69, 9.17) is 6.42 Å². The van der Waals surface area contributed by atoms with Gasteiger partial charge >= 0.3 is 6.18 Å². The molecular formula is C10H15F3O2. The van der Waals surface area contributed by atoms with Crippen LogP contribution in [0.2, 0.25) is 0 Å². The average Bonchev–Trinajstić information content (AvgIpc) is 2.11. The Bertz CT molecular complexity index is 196. The van der Waals surface area contributed by atoms with Gasteiger partial charge in [0.05, 0.1) is 6.10 Å². The molecular weight excluding hydrogens is 209 g/mol. The molecule has 0 saturated heterocycles. The van der Waals surface area contributed by atoms with Crippen LogP contribution in [0.15, 0.2) is 0 Å². The van der Waals surface area contributed by atoms with Crippen molar-refractivity contribution < 1.29 is 23.0 Å². The van der Waals surface area contributed by atoms with Crippen molar-refractivity contribution in [2.45, 2.75) is 38.0 Å². The maximum atomic E-state index is 11.6. The lowest BCUT2D eigenvalue weighted by Crippen LogP contribution is -2.19. The van der Waals surface area contributed by atoms with Crippen molar-refractivity contribution in [2.75, 3.05) is 13.2 Å². The molecule has 88 valence electrons. The SMILES string of the molecule is C#CCCCC(O)CCOCC(F)(F)F. The minimum atomic E-state index is -4.30. The second-order valence-corrected chi connectivity index (χ2v) is 3.21. The second-order valence-electron chi connectivity index (χ2n) is 3.21. The van der Waals surface area contributed by atoms with Gasteiger partial charge in [-0.3, -0.25) is 0 Å². The number of terminal acetylenes is 1. The van der Waals surface area contributed by atoms with Crippen LogP contribution in [0.25, 0.3) is 0 Å². The minimum Gasteiger partial charge on any atom is -0.393 e. The predicted molar refractivity (Wildman–Crippen MR) is 50.2 cm³/mol. The maximum Gasteiger partial charge on any atom is 0.411 e. The lowest BCUT2D eigenvalue weighted by molar-refractivity contribution is -0.175. The summed E-state index contributed by atoms with van der Waals surface area (Å²) in [5.41, 5.74) is 0. The number of ether oxygens (including phenoxy) is 1. The molecule has 0 aromatic heterocycles. The fourth-order valence-corrected chi connectivity index (χ4v) is 0.991. The molecule has 1 N–H and O–H groups in total. The fourth-order valence-electron chi connectivity index (χ4n) is 0.991. The van der Waals surface area contributed by atoms with Crippen LogP contribution < -0.4 is 0 Å². The number of hydrogen-bond acceptors (Lipinski definition) is 2. The summed E-state index contributed by atoms with van der Waals surface area (Å²) < 4.78 is 39.2. The highest BCUT2D eigenvalue weighted by Gasteiger charge is 2.27. The van der Waals surface area contributed by atoms with Gasteiger partial charge in [0.15, 0.2) is 0 Å². The first-order chi connectivity index (χ1) is 6.95. The first-order valence-corrected chi connectivity index (χ1v) is 4.71. The molecule has 5 heteroatoms. The Kier molecular flexibility index (Phi) is 7.18. The van der Waals surface area contributed by atoms with Gasteiger partial charge in [-0.05, 0) is 19.3 Å². The summed E-state index contributed by atoms with van der Waals surface area (Å²) >= 11 is 0. The molecule has 0 spiro atoms. The number of rotatable bonds is 7. The highest BCUT2D eigenvalue weighted by molar-refractivity contribution is 4.83. The molecule has 0 bridgehead atoms. The molecule has 1 atom stereocenters. The Hall–Kier alpha value is -0.730. The van der Waals surface area contributed by atoms with Crippen molar-refractivity contribution >= 4 is 0 Å². The van der Waals surface area contributed by atoms with Gasteiger partial charge in [-0.1, -0.05) is 0 Å². The molecule has 0 radical (unpaired) electrons. The summed E-state index contributed by atoms with van der Waals surface area (Å²) in [5.74, 6) is 2.42. The first kappa shape index (κ1) is 14.3. The molecule has 0 aliphatic rings. The lowest BCUT2D eigenvalue weighted by Gasteiger charge is -2.11. The van der Waals surface area contributed by atoms with E-state index in [1.807, 2.05) is 0 Å². The summed E-state index contributed by atoms with van der Waals surface area (Å²) in [6, 6.07) is 0. The van der Waals surface area contributed by atoms with E-state index in [9.17, 15) is 18.3 Å². The number of alkyl halides is 3. The predicted octanol–water partition coefficient (Wildman–Crippen LogP) is 2.12. The first-order valence-electron chi connectivity index (χ1n) is 4.71. The zero-order valence-corrected chi connectivity index (χ0v) is 8.39. The second kappa shape index (κ2) is 7.55. The molecule has 1 unspecified atom stereocenters. The van der Waals surface area contributed by atoms with Gasteiger partial charge in [-0.2, -0.15) is 13.2 Å². The van der Waals surface area contributed by atoms with Gasteiger partial charge in [0.2, 0.25) is 0 Å². The molecule has 0 aliphatic heterocycles. The Morgan fingerprint density at radius 3 is 2.53 bits per heavy atom. The largest absolute Gasteiger partial charge is 0.411 e. The number of halogens is 3. The molecule has 0 aliphatic carbocycles. The van der Waals surface area contributed by atoms with Crippen LogP contribution in [0.3, 0.4) is 0 Å². The van der Waals surface area contributed by atoms with E-state index in [1.165, 1.54) is 0 Å². The van der Waals surface area contributed by atoms with Crippen molar-refractivity contribution in [3.8, 4) is 12.3 Å². The van der Waals surface area contributed by atoms with E-state index < -0.39 is 18.9 Å². The van der Waals surface area contributed by atoms with E-state index >= 15 is 0 Å². The molecule has 0 rings (SSSR count). The van der Waals surface area contributed by atoms with Gasteiger partial charge in [-0.25, -0.2) is 0 Å². The molecule has 2 nitrogen and oxygen atoms in total. The number of unbranched alkanes of at least 4 members (excludes halogenated alkanes) is 1. The molecule has 0 aromatic carbocycles. The molecule has 0 aromatic rings. The number of aliphatic hydroxyl groups is 1. The van der Waals surface area contributed by atoms with Crippen molar-refractivity contribution in [2.24, 2.45) is 0 Å². The number of aliphatic hydroxyl groups excluding tert-OH is 1. The Labute approximate surface area is 87.4 Å². The quantitative estimate of drug-likeness (QED) is 0.530. The topological polar surface area (TPSA) is 29.5 Å². The Morgan fingerprint density at radius 2 is 2.00 bits per heavy atom. The summed E-state index contributed by atoms with van der Waals surface area (Å²) in [6.45, 7) is -1.35. The van der Waals surface area contributed by atoms with Crippen LogP contribution in [0.1, 0.15) is 25.7 Å². The van der Waals surface area contributed by atoms with Crippen LogP contribution in [0, 0.1) is 12.3 Å². The maximum absolute atomic E-state index is 11.6. The molecule has 15 heavy (non-hydrogen) atoms. The third kappa shape index (κ3) is 11.2. The zero-order chi connectivity index (χ0) is 11.7. The minimum absolute atomic E-state index is 0.0866. The van der Waals surface area contributed by atoms with Gasteiger partial charge < -0.3 is 9.84 Å². The van der Waals surface area contributed by atoms with E-state index in [1.54, 1.807) is 0 Å². The molecule has 0 saturated carbocycles. The van der Waals surface area contributed by atoms with E-state index in [0.717, 1.165) is 0 Å². The smallest absolute Gasteiger partial charge is 0.393 e. The van der Waals surface area contributed by atoms with Crippen molar-refractivity contribution in [1.29, 1.82) is 0 Å². The summed E-state index contributed by atoms with van der Waals surface area (Å²) in [5, 5.41) is 9.28. The standard InChI is InChI=1S/C10H15F3O2/c1-2-3-4-5-9(14)6-7-15-8-10(11,12)13/h1,9,14H,3-8H2. The number of hydrogen-bond donors (Lipinski definition) is 1. The third-order valence-corrected chi connectivity index (χ3v) is 1.72. The third-order valence-electron chi connectivity index (χ3n) is 1.72. The normalized spacial score (nSPS) is 13.5. The molecule has 0 heterocycles. The van der Waals surface area contributed by atoms with Crippen molar-refractivity contribution in [1.82, 2.24) is 0 Å². The summed E-state index contributed by atoms with van der Waals surface area (Å²) in [4.78, 5) is 0. The summed E-state index contributed by atoms with van der Waals surface area (Å²) in [7, 11) is 0. The Balaban J connectivity index is 3.32. The van der Waals surface area contributed by atoms with E-state index in [2.05, 4.69) is 10.7 Å².